The average Bonchev–Trinajstić information content (AvgIpc) is 3.60. The zero-order valence-corrected chi connectivity index (χ0v) is 28.6. The van der Waals surface area contributed by atoms with Crippen LogP contribution < -0.4 is 0 Å². The molecule has 0 N–H and O–H groups in total. The molecule has 0 amide bonds. The van der Waals surface area contributed by atoms with E-state index < -0.39 is 0 Å². The lowest BCUT2D eigenvalue weighted by atomic mass is 9.86. The van der Waals surface area contributed by atoms with Gasteiger partial charge in [0.05, 0.1) is 0 Å². The Labute approximate surface area is 303 Å². The van der Waals surface area contributed by atoms with Crippen LogP contribution in [0.3, 0.4) is 0 Å². The summed E-state index contributed by atoms with van der Waals surface area (Å²) < 4.78 is 7.04. The molecule has 0 saturated carbocycles. The SMILES string of the molecule is c1cc2ccc3ccc(-c4cc5oc6cc(-c7ccc8ccc9cccc%10ccc7c8c9%10)c7ccccc7c6c5c5ccccc45)c4ccc(c1)c2c34. The van der Waals surface area contributed by atoms with Crippen molar-refractivity contribution in [3.05, 3.63) is 170 Å². The molecule has 0 radical (unpaired) electrons. The number of benzene rings is 12. The summed E-state index contributed by atoms with van der Waals surface area (Å²) in [7, 11) is 0. The summed E-state index contributed by atoms with van der Waals surface area (Å²) in [6.07, 6.45) is 0. The van der Waals surface area contributed by atoms with E-state index in [0.717, 1.165) is 11.2 Å². The molecular formula is C52H28O. The Balaban J connectivity index is 1.13. The van der Waals surface area contributed by atoms with Gasteiger partial charge in [-0.1, -0.05) is 158 Å². The van der Waals surface area contributed by atoms with E-state index in [2.05, 4.69) is 170 Å². The first-order chi connectivity index (χ1) is 26.3. The van der Waals surface area contributed by atoms with Gasteiger partial charge in [0, 0.05) is 10.8 Å². The molecule has 1 heteroatoms. The molecule has 0 aliphatic heterocycles. The molecule has 0 atom stereocenters. The van der Waals surface area contributed by atoms with E-state index in [9.17, 15) is 0 Å². The van der Waals surface area contributed by atoms with E-state index in [0.29, 0.717) is 0 Å². The van der Waals surface area contributed by atoms with Crippen LogP contribution >= 0.6 is 0 Å². The van der Waals surface area contributed by atoms with Crippen molar-refractivity contribution in [3.63, 3.8) is 0 Å². The molecule has 13 aromatic rings. The van der Waals surface area contributed by atoms with Crippen molar-refractivity contribution in [3.8, 4) is 22.3 Å². The minimum Gasteiger partial charge on any atom is -0.456 e. The molecule has 1 nitrogen and oxygen atoms in total. The lowest BCUT2D eigenvalue weighted by molar-refractivity contribution is 0.670. The van der Waals surface area contributed by atoms with E-state index in [1.54, 1.807) is 0 Å². The van der Waals surface area contributed by atoms with Gasteiger partial charge >= 0.3 is 0 Å². The first kappa shape index (κ1) is 27.7. The highest BCUT2D eigenvalue weighted by atomic mass is 16.3. The Bertz CT molecular complexity index is 3400. The Morgan fingerprint density at radius 1 is 0.226 bits per heavy atom. The Kier molecular flexibility index (Phi) is 5.17. The fourth-order valence-electron chi connectivity index (χ4n) is 9.88. The first-order valence-electron chi connectivity index (χ1n) is 18.4. The van der Waals surface area contributed by atoms with Crippen LogP contribution in [0.1, 0.15) is 0 Å². The van der Waals surface area contributed by atoms with Crippen LogP contribution in [0.2, 0.25) is 0 Å². The summed E-state index contributed by atoms with van der Waals surface area (Å²) in [6, 6.07) is 63.0. The lowest BCUT2D eigenvalue weighted by Crippen LogP contribution is -1.89. The summed E-state index contributed by atoms with van der Waals surface area (Å²) in [5.41, 5.74) is 6.68. The number of furan rings is 1. The summed E-state index contributed by atoms with van der Waals surface area (Å²) in [5, 5.41) is 22.8. The predicted octanol–water partition coefficient (Wildman–Crippen LogP) is 15.0. The van der Waals surface area contributed by atoms with E-state index in [-0.39, 0.29) is 0 Å². The van der Waals surface area contributed by atoms with Gasteiger partial charge in [0.2, 0.25) is 0 Å². The third-order valence-corrected chi connectivity index (χ3v) is 12.1. The topological polar surface area (TPSA) is 13.1 Å². The van der Waals surface area contributed by atoms with Gasteiger partial charge in [0.15, 0.2) is 0 Å². The second kappa shape index (κ2) is 9.88. The van der Waals surface area contributed by atoms with Gasteiger partial charge in [-0.15, -0.1) is 0 Å². The molecule has 0 fully saturated rings. The van der Waals surface area contributed by atoms with Gasteiger partial charge in [-0.2, -0.15) is 0 Å². The number of hydrogen-bond acceptors (Lipinski definition) is 1. The first-order valence-corrected chi connectivity index (χ1v) is 18.4. The largest absolute Gasteiger partial charge is 0.456 e. The van der Waals surface area contributed by atoms with Crippen molar-refractivity contribution in [2.75, 3.05) is 0 Å². The predicted molar refractivity (Wildman–Crippen MR) is 227 cm³/mol. The fourth-order valence-corrected chi connectivity index (χ4v) is 9.88. The van der Waals surface area contributed by atoms with Gasteiger partial charge in [-0.3, -0.25) is 0 Å². The highest BCUT2D eigenvalue weighted by molar-refractivity contribution is 6.33. The molecule has 0 unspecified atom stereocenters. The van der Waals surface area contributed by atoms with Gasteiger partial charge in [0.25, 0.3) is 0 Å². The highest BCUT2D eigenvalue weighted by Gasteiger charge is 2.22. The minimum absolute atomic E-state index is 0.914. The second-order valence-corrected chi connectivity index (χ2v) is 14.7. The molecule has 13 rings (SSSR count). The molecule has 0 bridgehead atoms. The molecule has 0 saturated heterocycles. The van der Waals surface area contributed by atoms with E-state index in [4.69, 9.17) is 4.42 Å². The van der Waals surface area contributed by atoms with Crippen LogP contribution in [0.25, 0.3) is 130 Å². The summed E-state index contributed by atoms with van der Waals surface area (Å²) in [5.74, 6) is 0. The van der Waals surface area contributed by atoms with Gasteiger partial charge in [-0.05, 0) is 121 Å². The van der Waals surface area contributed by atoms with Gasteiger partial charge < -0.3 is 4.42 Å². The normalized spacial score (nSPS) is 12.5. The van der Waals surface area contributed by atoms with Crippen LogP contribution in [0.4, 0.5) is 0 Å². The smallest absolute Gasteiger partial charge is 0.136 e. The van der Waals surface area contributed by atoms with Crippen LogP contribution in [0.5, 0.6) is 0 Å². The number of rotatable bonds is 2. The summed E-state index contributed by atoms with van der Waals surface area (Å²) >= 11 is 0. The third kappa shape index (κ3) is 3.56. The third-order valence-electron chi connectivity index (χ3n) is 12.1. The summed E-state index contributed by atoms with van der Waals surface area (Å²) in [4.78, 5) is 0. The molecule has 0 aliphatic rings. The maximum Gasteiger partial charge on any atom is 0.136 e. The van der Waals surface area contributed by atoms with Crippen molar-refractivity contribution in [2.24, 2.45) is 0 Å². The zero-order valence-electron chi connectivity index (χ0n) is 28.6. The molecule has 12 aromatic carbocycles. The number of hydrogen-bond donors (Lipinski definition) is 0. The monoisotopic (exact) mass is 668 g/mol. The number of fused-ring (bicyclic) bond motifs is 7. The van der Waals surface area contributed by atoms with E-state index >= 15 is 0 Å². The van der Waals surface area contributed by atoms with E-state index in [1.165, 1.54) is 119 Å². The van der Waals surface area contributed by atoms with E-state index in [1.807, 2.05) is 0 Å². The van der Waals surface area contributed by atoms with Gasteiger partial charge in [-0.25, -0.2) is 0 Å². The fraction of sp³-hybridized carbons (Fsp3) is 0. The molecule has 1 aromatic heterocycles. The van der Waals surface area contributed by atoms with Crippen LogP contribution in [0, 0.1) is 0 Å². The average molecular weight is 669 g/mol. The molecule has 1 heterocycles. The maximum absolute atomic E-state index is 7.04. The van der Waals surface area contributed by atoms with Crippen molar-refractivity contribution < 1.29 is 4.42 Å². The molecule has 53 heavy (non-hydrogen) atoms. The molecule has 0 spiro atoms. The second-order valence-electron chi connectivity index (χ2n) is 14.7. The van der Waals surface area contributed by atoms with Gasteiger partial charge in [0.1, 0.15) is 11.2 Å². The van der Waals surface area contributed by atoms with Crippen molar-refractivity contribution in [2.45, 2.75) is 0 Å². The van der Waals surface area contributed by atoms with Crippen molar-refractivity contribution in [1.82, 2.24) is 0 Å². The molecular weight excluding hydrogens is 641 g/mol. The van der Waals surface area contributed by atoms with Crippen molar-refractivity contribution >= 4 is 108 Å². The van der Waals surface area contributed by atoms with Crippen molar-refractivity contribution in [1.29, 1.82) is 0 Å². The Hall–Kier alpha value is -6.96. The minimum atomic E-state index is 0.914. The Morgan fingerprint density at radius 2 is 0.585 bits per heavy atom. The summed E-state index contributed by atoms with van der Waals surface area (Å²) in [6.45, 7) is 0. The van der Waals surface area contributed by atoms with Crippen LogP contribution in [-0.4, -0.2) is 0 Å². The Morgan fingerprint density at radius 3 is 1.02 bits per heavy atom. The zero-order chi connectivity index (χ0) is 34.4. The highest BCUT2D eigenvalue weighted by Crippen LogP contribution is 2.48. The quantitative estimate of drug-likeness (QED) is 0.167. The standard InChI is InChI=1S/C52H28O/c1-3-13-39-35(11-1)43(37-23-19-33-17-15-29-7-5-9-31-21-25-41(37)49(33)47(29)31)27-45-51(39)52-40-14-4-2-12-36(40)44(28-46(52)53-45)38-24-20-34-18-16-30-8-6-10-32-22-26-42(38)50(34)48(30)32/h1-28H. The van der Waals surface area contributed by atoms with Crippen LogP contribution in [0.15, 0.2) is 174 Å². The van der Waals surface area contributed by atoms with Crippen LogP contribution in [-0.2, 0) is 0 Å². The molecule has 0 aliphatic carbocycles. The maximum atomic E-state index is 7.04. The molecule has 242 valence electrons. The lowest BCUT2D eigenvalue weighted by Gasteiger charge is -2.16.